The second-order valence-corrected chi connectivity index (χ2v) is 7.02. The Hall–Kier alpha value is -2.30. The summed E-state index contributed by atoms with van der Waals surface area (Å²) in [5, 5.41) is 8.26. The van der Waals surface area contributed by atoms with Crippen LogP contribution in [0.1, 0.15) is 23.4 Å². The molecule has 0 unspecified atom stereocenters. The van der Waals surface area contributed by atoms with Crippen LogP contribution in [0.5, 0.6) is 0 Å². The summed E-state index contributed by atoms with van der Waals surface area (Å²) in [5.74, 6) is -0.0863. The fourth-order valence-electron chi connectivity index (χ4n) is 2.76. The molecule has 0 atom stereocenters. The number of benzene rings is 2. The molecule has 134 valence electrons. The van der Waals surface area contributed by atoms with E-state index in [2.05, 4.69) is 10.4 Å². The highest BCUT2D eigenvalue weighted by Gasteiger charge is 2.08. The average Bonchev–Trinajstić information content (AvgIpc) is 2.94. The number of nitrogens with zero attached hydrogens (tertiary/aromatic N) is 2. The Kier molecular flexibility index (Phi) is 5.64. The third kappa shape index (κ3) is 4.45. The Balaban J connectivity index is 1.59. The van der Waals surface area contributed by atoms with Crippen LogP contribution in [0.15, 0.2) is 48.5 Å². The van der Waals surface area contributed by atoms with Gasteiger partial charge in [0.2, 0.25) is 5.91 Å². The molecule has 0 spiro atoms. The van der Waals surface area contributed by atoms with Crippen LogP contribution in [0, 0.1) is 13.8 Å². The SMILES string of the molecule is Cc1cc(C)n(-c2ccc(CCC(=O)Nc3ccc(Cl)cc3Cl)cc2)n1. The minimum atomic E-state index is -0.0863. The maximum absolute atomic E-state index is 12.1. The second kappa shape index (κ2) is 7.94. The number of hydrogen-bond donors (Lipinski definition) is 1. The number of carbonyl (C=O) groups excluding carboxylic acids is 1. The van der Waals surface area contributed by atoms with Crippen molar-refractivity contribution in [1.29, 1.82) is 0 Å². The standard InChI is InChI=1S/C20H19Cl2N3O/c1-13-11-14(2)25(24-13)17-7-3-15(4-8-17)5-10-20(26)23-19-9-6-16(21)12-18(19)22/h3-4,6-9,11-12H,5,10H2,1-2H3,(H,23,26). The molecule has 0 bridgehead atoms. The largest absolute Gasteiger partial charge is 0.325 e. The molecule has 0 radical (unpaired) electrons. The van der Waals surface area contributed by atoms with Gasteiger partial charge in [0.15, 0.2) is 0 Å². The molecule has 4 nitrogen and oxygen atoms in total. The van der Waals surface area contributed by atoms with Gasteiger partial charge in [-0.15, -0.1) is 0 Å². The highest BCUT2D eigenvalue weighted by Crippen LogP contribution is 2.25. The first-order chi connectivity index (χ1) is 12.4. The van der Waals surface area contributed by atoms with Crippen LogP contribution in [-0.4, -0.2) is 15.7 Å². The molecule has 26 heavy (non-hydrogen) atoms. The fraction of sp³-hybridized carbons (Fsp3) is 0.200. The third-order valence-corrected chi connectivity index (χ3v) is 4.58. The Bertz CT molecular complexity index is 933. The van der Waals surface area contributed by atoms with E-state index in [1.165, 1.54) is 0 Å². The van der Waals surface area contributed by atoms with E-state index in [0.29, 0.717) is 28.6 Å². The highest BCUT2D eigenvalue weighted by atomic mass is 35.5. The summed E-state index contributed by atoms with van der Waals surface area (Å²) in [6, 6.07) is 15.1. The highest BCUT2D eigenvalue weighted by molar-refractivity contribution is 6.36. The van der Waals surface area contributed by atoms with Crippen molar-refractivity contribution in [3.05, 3.63) is 75.5 Å². The van der Waals surface area contributed by atoms with E-state index in [9.17, 15) is 4.79 Å². The molecule has 1 heterocycles. The molecule has 0 saturated heterocycles. The quantitative estimate of drug-likeness (QED) is 0.639. The average molecular weight is 388 g/mol. The predicted molar refractivity (Wildman–Crippen MR) is 106 cm³/mol. The molecule has 0 saturated carbocycles. The van der Waals surface area contributed by atoms with Crippen LogP contribution in [0.4, 0.5) is 5.69 Å². The van der Waals surface area contributed by atoms with E-state index in [1.807, 2.05) is 48.9 Å². The van der Waals surface area contributed by atoms with Gasteiger partial charge < -0.3 is 5.32 Å². The van der Waals surface area contributed by atoms with E-state index in [4.69, 9.17) is 23.2 Å². The first-order valence-corrected chi connectivity index (χ1v) is 9.05. The topological polar surface area (TPSA) is 46.9 Å². The molecule has 3 rings (SSSR count). The molecule has 6 heteroatoms. The second-order valence-electron chi connectivity index (χ2n) is 6.18. The van der Waals surface area contributed by atoms with E-state index in [-0.39, 0.29) is 5.91 Å². The molecule has 1 amide bonds. The Morgan fingerprint density at radius 3 is 2.42 bits per heavy atom. The van der Waals surface area contributed by atoms with Gasteiger partial charge in [0.1, 0.15) is 0 Å². The molecule has 3 aromatic rings. The number of amides is 1. The summed E-state index contributed by atoms with van der Waals surface area (Å²) in [4.78, 5) is 12.1. The number of aryl methyl sites for hydroxylation is 3. The molecule has 0 fully saturated rings. The molecule has 2 aromatic carbocycles. The van der Waals surface area contributed by atoms with Crippen molar-refractivity contribution in [2.75, 3.05) is 5.32 Å². The van der Waals surface area contributed by atoms with Crippen molar-refractivity contribution in [1.82, 2.24) is 9.78 Å². The minimum absolute atomic E-state index is 0.0863. The van der Waals surface area contributed by atoms with Crippen LogP contribution in [-0.2, 0) is 11.2 Å². The minimum Gasteiger partial charge on any atom is -0.325 e. The van der Waals surface area contributed by atoms with E-state index in [1.54, 1.807) is 18.2 Å². The van der Waals surface area contributed by atoms with Gasteiger partial charge in [-0.2, -0.15) is 5.10 Å². The van der Waals surface area contributed by atoms with Crippen molar-refractivity contribution < 1.29 is 4.79 Å². The third-order valence-electron chi connectivity index (χ3n) is 4.04. The number of hydrogen-bond acceptors (Lipinski definition) is 2. The van der Waals surface area contributed by atoms with Crippen LogP contribution in [0.25, 0.3) is 5.69 Å². The lowest BCUT2D eigenvalue weighted by Gasteiger charge is -2.08. The van der Waals surface area contributed by atoms with Crippen molar-refractivity contribution in [3.63, 3.8) is 0 Å². The molecule has 1 aromatic heterocycles. The number of rotatable bonds is 5. The first kappa shape index (κ1) is 18.5. The van der Waals surface area contributed by atoms with Crippen LogP contribution < -0.4 is 5.32 Å². The number of anilines is 1. The summed E-state index contributed by atoms with van der Waals surface area (Å²) in [7, 11) is 0. The van der Waals surface area contributed by atoms with Gasteiger partial charge in [-0.25, -0.2) is 4.68 Å². The number of aromatic nitrogens is 2. The maximum Gasteiger partial charge on any atom is 0.224 e. The monoisotopic (exact) mass is 387 g/mol. The van der Waals surface area contributed by atoms with Crippen LogP contribution >= 0.6 is 23.2 Å². The summed E-state index contributed by atoms with van der Waals surface area (Å²) in [6.45, 7) is 4.00. The number of carbonyl (C=O) groups is 1. The Labute approximate surface area is 162 Å². The van der Waals surface area contributed by atoms with Crippen molar-refractivity contribution in [3.8, 4) is 5.69 Å². The lowest BCUT2D eigenvalue weighted by molar-refractivity contribution is -0.116. The first-order valence-electron chi connectivity index (χ1n) is 8.30. The van der Waals surface area contributed by atoms with Gasteiger partial charge in [0.25, 0.3) is 0 Å². The number of nitrogens with one attached hydrogen (secondary N) is 1. The molecular weight excluding hydrogens is 369 g/mol. The maximum atomic E-state index is 12.1. The Morgan fingerprint density at radius 1 is 1.08 bits per heavy atom. The zero-order valence-corrected chi connectivity index (χ0v) is 16.1. The smallest absolute Gasteiger partial charge is 0.224 e. The fourth-order valence-corrected chi connectivity index (χ4v) is 3.21. The lowest BCUT2D eigenvalue weighted by atomic mass is 10.1. The molecule has 0 aliphatic carbocycles. The normalized spacial score (nSPS) is 10.8. The molecule has 0 aliphatic rings. The molecule has 0 aliphatic heterocycles. The van der Waals surface area contributed by atoms with Gasteiger partial charge in [-0.3, -0.25) is 4.79 Å². The van der Waals surface area contributed by atoms with Crippen LogP contribution in [0.2, 0.25) is 10.0 Å². The van der Waals surface area contributed by atoms with Gasteiger partial charge in [-0.05, 0) is 62.2 Å². The van der Waals surface area contributed by atoms with E-state index in [0.717, 1.165) is 22.6 Å². The lowest BCUT2D eigenvalue weighted by Crippen LogP contribution is -2.12. The Morgan fingerprint density at radius 2 is 1.81 bits per heavy atom. The summed E-state index contributed by atoms with van der Waals surface area (Å²) in [6.07, 6.45) is 1.02. The number of halogens is 2. The van der Waals surface area contributed by atoms with Gasteiger partial charge in [-0.1, -0.05) is 35.3 Å². The summed E-state index contributed by atoms with van der Waals surface area (Å²) < 4.78 is 1.91. The summed E-state index contributed by atoms with van der Waals surface area (Å²) in [5.41, 5.74) is 4.75. The van der Waals surface area contributed by atoms with Crippen molar-refractivity contribution in [2.45, 2.75) is 26.7 Å². The molecular formula is C20H19Cl2N3O. The van der Waals surface area contributed by atoms with Gasteiger partial charge in [0, 0.05) is 17.1 Å². The van der Waals surface area contributed by atoms with Crippen molar-refractivity contribution >= 4 is 34.8 Å². The summed E-state index contributed by atoms with van der Waals surface area (Å²) >= 11 is 11.9. The van der Waals surface area contributed by atoms with E-state index >= 15 is 0 Å². The van der Waals surface area contributed by atoms with E-state index < -0.39 is 0 Å². The molecule has 1 N–H and O–H groups in total. The van der Waals surface area contributed by atoms with Gasteiger partial charge >= 0.3 is 0 Å². The van der Waals surface area contributed by atoms with Gasteiger partial charge in [0.05, 0.1) is 22.1 Å². The van der Waals surface area contributed by atoms with Crippen molar-refractivity contribution in [2.24, 2.45) is 0 Å². The zero-order chi connectivity index (χ0) is 18.7. The predicted octanol–water partition coefficient (Wildman–Crippen LogP) is 5.37. The zero-order valence-electron chi connectivity index (χ0n) is 14.6. The van der Waals surface area contributed by atoms with Crippen LogP contribution in [0.3, 0.4) is 0 Å².